The summed E-state index contributed by atoms with van der Waals surface area (Å²) in [4.78, 5) is 0. The van der Waals surface area contributed by atoms with Crippen LogP contribution in [0.15, 0.2) is 71.4 Å². The summed E-state index contributed by atoms with van der Waals surface area (Å²) in [5.41, 5.74) is 8.44. The highest BCUT2D eigenvalue weighted by Crippen LogP contribution is 2.58. The molecule has 3 heteroatoms. The molecule has 0 saturated heterocycles. The summed E-state index contributed by atoms with van der Waals surface area (Å²) in [6, 6.07) is 0. The van der Waals surface area contributed by atoms with Gasteiger partial charge in [0.2, 0.25) is 0 Å². The van der Waals surface area contributed by atoms with Gasteiger partial charge in [0.05, 0.1) is 0 Å². The Morgan fingerprint density at radius 2 is 0.769 bits per heavy atom. The zero-order valence-corrected chi connectivity index (χ0v) is 24.9. The van der Waals surface area contributed by atoms with Gasteiger partial charge >= 0.3 is 0 Å². The Bertz CT molecular complexity index is 1110. The van der Waals surface area contributed by atoms with Gasteiger partial charge in [0.1, 0.15) is 17.2 Å². The van der Waals surface area contributed by atoms with Crippen molar-refractivity contribution in [2.24, 2.45) is 17.8 Å². The molecule has 3 aliphatic rings. The first-order valence-corrected chi connectivity index (χ1v) is 14.6. The molecule has 0 saturated carbocycles. The Morgan fingerprint density at radius 1 is 0.538 bits per heavy atom. The molecular formula is C36H48O3. The molecule has 4 rings (SSSR count). The van der Waals surface area contributed by atoms with Crippen molar-refractivity contribution in [3.05, 3.63) is 88.1 Å². The Balaban J connectivity index is 2.10. The molecule has 3 aliphatic carbocycles. The van der Waals surface area contributed by atoms with Gasteiger partial charge < -0.3 is 15.3 Å². The first-order chi connectivity index (χ1) is 18.3. The topological polar surface area (TPSA) is 60.7 Å². The van der Waals surface area contributed by atoms with Crippen LogP contribution in [-0.2, 0) is 0 Å². The van der Waals surface area contributed by atoms with Gasteiger partial charge in [-0.15, -0.1) is 0 Å². The molecule has 0 fully saturated rings. The minimum atomic E-state index is -0.219. The van der Waals surface area contributed by atoms with Gasteiger partial charge in [0.15, 0.2) is 0 Å². The van der Waals surface area contributed by atoms with Crippen molar-refractivity contribution < 1.29 is 15.3 Å². The second kappa shape index (κ2) is 11.3. The molecule has 0 radical (unpaired) electrons. The van der Waals surface area contributed by atoms with E-state index in [-0.39, 0.29) is 52.8 Å². The van der Waals surface area contributed by atoms with Gasteiger partial charge in [0, 0.05) is 34.4 Å². The van der Waals surface area contributed by atoms with Gasteiger partial charge in [0.25, 0.3) is 0 Å². The predicted molar refractivity (Wildman–Crippen MR) is 164 cm³/mol. The molecule has 0 aliphatic heterocycles. The Kier molecular flexibility index (Phi) is 8.40. The van der Waals surface area contributed by atoms with Gasteiger partial charge in [-0.1, -0.05) is 71.4 Å². The summed E-state index contributed by atoms with van der Waals surface area (Å²) in [6.07, 6.45) is 12.2. The van der Waals surface area contributed by atoms with Crippen molar-refractivity contribution in [1.29, 1.82) is 0 Å². The lowest BCUT2D eigenvalue weighted by Gasteiger charge is -2.38. The molecular weight excluding hydrogens is 480 g/mol. The number of aromatic hydroxyl groups is 3. The van der Waals surface area contributed by atoms with Crippen molar-refractivity contribution in [2.75, 3.05) is 0 Å². The maximum Gasteiger partial charge on any atom is 0.130 e. The van der Waals surface area contributed by atoms with E-state index in [1.165, 1.54) is 16.7 Å². The third-order valence-electron chi connectivity index (χ3n) is 9.67. The third-order valence-corrected chi connectivity index (χ3v) is 9.67. The normalized spacial score (nSPS) is 29.2. The van der Waals surface area contributed by atoms with Crippen LogP contribution in [0.1, 0.15) is 115 Å². The van der Waals surface area contributed by atoms with Crippen molar-refractivity contribution in [2.45, 2.75) is 97.8 Å². The second-order valence-electron chi connectivity index (χ2n) is 12.9. The fourth-order valence-corrected chi connectivity index (χ4v) is 7.44. The zero-order chi connectivity index (χ0) is 28.8. The highest BCUT2D eigenvalue weighted by atomic mass is 16.3. The van der Waals surface area contributed by atoms with Crippen LogP contribution in [0, 0.1) is 17.8 Å². The summed E-state index contributed by atoms with van der Waals surface area (Å²) in [6.45, 7) is 25.3. The van der Waals surface area contributed by atoms with E-state index in [0.29, 0.717) is 16.7 Å². The molecule has 0 heterocycles. The van der Waals surface area contributed by atoms with E-state index in [0.717, 1.165) is 55.2 Å². The number of phenols is 3. The van der Waals surface area contributed by atoms with Gasteiger partial charge in [-0.05, 0) is 97.8 Å². The van der Waals surface area contributed by atoms with E-state index in [9.17, 15) is 15.3 Å². The molecule has 0 bridgehead atoms. The van der Waals surface area contributed by atoms with Crippen LogP contribution in [0.2, 0.25) is 0 Å². The minimum absolute atomic E-state index is 0.0153. The zero-order valence-electron chi connectivity index (χ0n) is 24.9. The summed E-state index contributed by atoms with van der Waals surface area (Å²) >= 11 is 0. The fraction of sp³-hybridized carbons (Fsp3) is 0.500. The Morgan fingerprint density at radius 3 is 0.974 bits per heavy atom. The van der Waals surface area contributed by atoms with E-state index in [1.807, 2.05) is 20.8 Å². The number of allylic oxidation sites excluding steroid dienone is 9. The molecule has 210 valence electrons. The van der Waals surface area contributed by atoms with E-state index < -0.39 is 0 Å². The molecule has 1 aromatic carbocycles. The van der Waals surface area contributed by atoms with E-state index in [1.54, 1.807) is 0 Å². The van der Waals surface area contributed by atoms with Crippen LogP contribution in [0.25, 0.3) is 0 Å². The molecule has 1 aromatic rings. The van der Waals surface area contributed by atoms with Crippen LogP contribution in [0.3, 0.4) is 0 Å². The van der Waals surface area contributed by atoms with E-state index in [4.69, 9.17) is 0 Å². The minimum Gasteiger partial charge on any atom is -0.507 e. The lowest BCUT2D eigenvalue weighted by molar-refractivity contribution is 0.361. The van der Waals surface area contributed by atoms with Crippen LogP contribution >= 0.6 is 0 Å². The first kappa shape index (κ1) is 29.1. The van der Waals surface area contributed by atoms with E-state index in [2.05, 4.69) is 58.7 Å². The number of benzene rings is 1. The smallest absolute Gasteiger partial charge is 0.130 e. The number of hydrogen-bond donors (Lipinski definition) is 3. The van der Waals surface area contributed by atoms with E-state index >= 15 is 0 Å². The fourth-order valence-electron chi connectivity index (χ4n) is 7.44. The Hall–Kier alpha value is -2.94. The van der Waals surface area contributed by atoms with Crippen LogP contribution < -0.4 is 0 Å². The maximum atomic E-state index is 12.1. The quantitative estimate of drug-likeness (QED) is 0.322. The lowest BCUT2D eigenvalue weighted by atomic mass is 9.67. The second-order valence-corrected chi connectivity index (χ2v) is 12.9. The first-order valence-electron chi connectivity index (χ1n) is 14.6. The molecule has 6 unspecified atom stereocenters. The molecule has 0 amide bonds. The predicted octanol–water partition coefficient (Wildman–Crippen LogP) is 9.85. The molecule has 0 aromatic heterocycles. The van der Waals surface area contributed by atoms with Crippen molar-refractivity contribution in [3.63, 3.8) is 0 Å². The maximum absolute atomic E-state index is 12.1. The largest absolute Gasteiger partial charge is 0.507 e. The van der Waals surface area contributed by atoms with Crippen LogP contribution in [-0.4, -0.2) is 15.3 Å². The van der Waals surface area contributed by atoms with Gasteiger partial charge in [-0.2, -0.15) is 0 Å². The van der Waals surface area contributed by atoms with Crippen LogP contribution in [0.5, 0.6) is 17.2 Å². The molecule has 0 spiro atoms. The molecule has 39 heavy (non-hydrogen) atoms. The number of phenolic OH excluding ortho intramolecular Hbond substituents is 3. The van der Waals surface area contributed by atoms with Crippen LogP contribution in [0.4, 0.5) is 0 Å². The molecule has 6 atom stereocenters. The standard InChI is InChI=1S/C36H48O3/c1-19(2)25-13-10-22(7)16-28(25)31-34(37)32(29-17-23(8)11-14-26(29)20(3)4)36(39)33(35(31)38)30-18-24(9)12-15-27(30)21(5)6/h16-18,25-30,37-39H,1,3,5,10-15H2,2,4,6-9H3. The van der Waals surface area contributed by atoms with Gasteiger partial charge in [-0.25, -0.2) is 0 Å². The van der Waals surface area contributed by atoms with Gasteiger partial charge in [-0.3, -0.25) is 0 Å². The Labute approximate surface area is 236 Å². The SMILES string of the molecule is C=C(C)C1CCC(C)=CC1c1c(O)c(C2C=C(C)CCC2C(=C)C)c(O)c(C2C=C(C)CCC2C(=C)C)c1O. The number of rotatable bonds is 6. The van der Waals surface area contributed by atoms with Crippen molar-refractivity contribution in [3.8, 4) is 17.2 Å². The summed E-state index contributed by atoms with van der Waals surface area (Å²) in [7, 11) is 0. The average molecular weight is 529 g/mol. The number of hydrogen-bond acceptors (Lipinski definition) is 3. The average Bonchev–Trinajstić information content (AvgIpc) is 2.83. The summed E-state index contributed by atoms with van der Waals surface area (Å²) < 4.78 is 0. The van der Waals surface area contributed by atoms with Crippen molar-refractivity contribution in [1.82, 2.24) is 0 Å². The summed E-state index contributed by atoms with van der Waals surface area (Å²) in [5, 5.41) is 36.3. The highest BCUT2D eigenvalue weighted by molar-refractivity contribution is 5.68. The molecule has 3 nitrogen and oxygen atoms in total. The third kappa shape index (κ3) is 5.42. The lowest BCUT2D eigenvalue weighted by Crippen LogP contribution is -2.22. The summed E-state index contributed by atoms with van der Waals surface area (Å²) in [5.74, 6) is -0.329. The van der Waals surface area contributed by atoms with Crippen molar-refractivity contribution >= 4 is 0 Å². The monoisotopic (exact) mass is 528 g/mol. The molecule has 3 N–H and O–H groups in total. The highest BCUT2D eigenvalue weighted by Gasteiger charge is 2.41.